The van der Waals surface area contributed by atoms with E-state index in [-0.39, 0.29) is 6.54 Å². The van der Waals surface area contributed by atoms with Gasteiger partial charge < -0.3 is 15.8 Å². The number of rotatable bonds is 13. The van der Waals surface area contributed by atoms with E-state index < -0.39 is 98.9 Å². The Hall–Kier alpha value is -3.24. The van der Waals surface area contributed by atoms with E-state index in [1.165, 1.54) is 0 Å². The van der Waals surface area contributed by atoms with E-state index in [0.717, 1.165) is 0 Å². The number of allylic oxidation sites excluding steroid dienone is 1. The lowest BCUT2D eigenvalue weighted by molar-refractivity contribution is -0.451. The van der Waals surface area contributed by atoms with Crippen LogP contribution < -0.4 is 15.8 Å². The van der Waals surface area contributed by atoms with Gasteiger partial charge in [-0.05, 0) is 0 Å². The Kier molecular flexibility index (Phi) is 14.1. The highest BCUT2D eigenvalue weighted by atomic mass is 32.2. The van der Waals surface area contributed by atoms with Gasteiger partial charge in [-0.2, -0.15) is 96.2 Å². The van der Waals surface area contributed by atoms with Crippen LogP contribution in [-0.2, 0) is 10.5 Å². The average molecular weight is 779 g/mol. The Labute approximate surface area is 251 Å². The van der Waals surface area contributed by atoms with Gasteiger partial charge >= 0.3 is 58.2 Å². The third-order valence-electron chi connectivity index (χ3n) is 4.94. The van der Waals surface area contributed by atoms with Crippen molar-refractivity contribution in [1.29, 1.82) is 0 Å². The van der Waals surface area contributed by atoms with Crippen LogP contribution >= 0.6 is 0 Å². The van der Waals surface area contributed by atoms with Crippen molar-refractivity contribution in [2.75, 3.05) is 26.2 Å². The summed E-state index contributed by atoms with van der Waals surface area (Å²) >= 11 is 0. The summed E-state index contributed by atoms with van der Waals surface area (Å²) in [6.45, 7) is 2.10. The fourth-order valence-corrected chi connectivity index (χ4v) is 2.70. The highest BCUT2D eigenvalue weighted by Crippen LogP contribution is 2.63. The molecule has 280 valence electrons. The molecule has 0 aromatic heterocycles. The Bertz CT molecular complexity index is 1440. The van der Waals surface area contributed by atoms with Crippen molar-refractivity contribution in [3.8, 4) is 5.75 Å². The van der Waals surface area contributed by atoms with Gasteiger partial charge in [0, 0.05) is 19.6 Å². The highest BCUT2D eigenvalue weighted by Gasteiger charge is 2.94. The molecular weight excluding hydrogens is 768 g/mol. The van der Waals surface area contributed by atoms with Crippen LogP contribution in [0, 0.1) is 29.1 Å². The molecule has 0 aliphatic rings. The summed E-state index contributed by atoms with van der Waals surface area (Å²) in [7, 11) is -2.27. The van der Waals surface area contributed by atoms with Crippen LogP contribution in [0.2, 0.25) is 0 Å². The molecule has 29 heteroatoms. The molecule has 0 saturated heterocycles. The van der Waals surface area contributed by atoms with Crippen molar-refractivity contribution in [2.45, 2.75) is 41.7 Å². The number of nitrogens with zero attached hydrogens (tertiary/aromatic N) is 1. The van der Waals surface area contributed by atoms with Gasteiger partial charge in [0.1, 0.15) is 0 Å². The molecule has 6 nitrogen and oxygen atoms in total. The number of hydrogen-bond donors (Lipinski definition) is 2. The molecule has 1 aromatic carbocycles. The molecule has 0 amide bonds. The van der Waals surface area contributed by atoms with Crippen LogP contribution in [0.5, 0.6) is 5.75 Å². The molecule has 0 aliphatic heterocycles. The van der Waals surface area contributed by atoms with Gasteiger partial charge in [0.2, 0.25) is 40.7 Å². The van der Waals surface area contributed by atoms with Crippen LogP contribution in [0.4, 0.5) is 96.6 Å². The quantitative estimate of drug-likeness (QED) is 0.0753. The summed E-state index contributed by atoms with van der Waals surface area (Å²) in [4.78, 5) is 0. The predicted octanol–water partition coefficient (Wildman–Crippen LogP) is 6.84. The lowest BCUT2D eigenvalue weighted by Gasteiger charge is -2.41. The largest absolute Gasteiger partial charge is 0.460 e. The fourth-order valence-electron chi connectivity index (χ4n) is 2.46. The van der Waals surface area contributed by atoms with Gasteiger partial charge in [0.15, 0.2) is 0 Å². The molecule has 0 atom stereocenters. The number of alkyl halides is 15. The van der Waals surface area contributed by atoms with Crippen LogP contribution in [0.3, 0.4) is 0 Å². The van der Waals surface area contributed by atoms with Crippen molar-refractivity contribution >= 4 is 10.5 Å². The van der Waals surface area contributed by atoms with Crippen LogP contribution in [0.15, 0.2) is 16.2 Å². The lowest BCUT2D eigenvalue weighted by atomic mass is 9.91. The number of nitrogens with one attached hydrogen (secondary N) is 1. The number of ether oxygens (including phenoxy) is 1. The third-order valence-corrected chi connectivity index (χ3v) is 5.34. The maximum absolute atomic E-state index is 13.6. The Balaban J connectivity index is 0.00000190. The smallest absolute Gasteiger partial charge is 0.423 e. The molecule has 0 fully saturated rings. The molecule has 1 aromatic rings. The Morgan fingerprint density at radius 2 is 1.00 bits per heavy atom. The molecule has 0 bridgehead atoms. The van der Waals surface area contributed by atoms with Gasteiger partial charge in [-0.3, -0.25) is 0 Å². The molecule has 1 rings (SSSR count). The number of nitrogens with two attached hydrogens (primary N) is 1. The van der Waals surface area contributed by atoms with Gasteiger partial charge in [0.05, 0.1) is 6.54 Å². The highest BCUT2D eigenvalue weighted by molar-refractivity contribution is 7.61. The molecule has 3 N–H and O–H groups in total. The van der Waals surface area contributed by atoms with Crippen molar-refractivity contribution in [3.63, 3.8) is 0 Å². The molecule has 48 heavy (non-hydrogen) atoms. The minimum absolute atomic E-state index is 0.288. The average Bonchev–Trinajstić information content (AvgIpc) is 2.95. The van der Waals surface area contributed by atoms with E-state index in [1.54, 1.807) is 0 Å². The summed E-state index contributed by atoms with van der Waals surface area (Å²) < 4.78 is 313. The van der Waals surface area contributed by atoms with Gasteiger partial charge in [-0.25, -0.2) is 13.2 Å². The summed E-state index contributed by atoms with van der Waals surface area (Å²) in [6.07, 6.45) is -7.94. The first kappa shape index (κ1) is 44.8. The fraction of sp³-hybridized carbons (Fsp3) is 0.579. The van der Waals surface area contributed by atoms with E-state index >= 15 is 0 Å². The first-order valence-electron chi connectivity index (χ1n) is 11.0. The monoisotopic (exact) mass is 779 g/mol. The second-order valence-corrected chi connectivity index (χ2v) is 8.83. The van der Waals surface area contributed by atoms with E-state index in [4.69, 9.17) is 5.73 Å². The van der Waals surface area contributed by atoms with Crippen LogP contribution in [-0.4, -0.2) is 76.3 Å². The molecule has 0 heterocycles. The molecule has 0 radical (unpaired) electrons. The van der Waals surface area contributed by atoms with E-state index in [2.05, 4.69) is 14.4 Å². The van der Waals surface area contributed by atoms with Crippen LogP contribution in [0.25, 0.3) is 0 Å². The SMILES string of the molecule is FC(Oc1c(F)c(F)c(F)c(F)c1F)=C(F)C(F)(F)C(F)(F)C(F)(F)C(F)(F)C(F)(F)C(F)(F)C(F)(F)F.NCCNCCN=S(=O)=O. The summed E-state index contributed by atoms with van der Waals surface area (Å²) in [5.41, 5.74) is 5.16. The van der Waals surface area contributed by atoms with Crippen molar-refractivity contribution < 1.29 is 110 Å². The van der Waals surface area contributed by atoms with Gasteiger partial charge in [0.25, 0.3) is 0 Å². The zero-order valence-electron chi connectivity index (χ0n) is 21.8. The van der Waals surface area contributed by atoms with Gasteiger partial charge in [-0.1, -0.05) is 0 Å². The minimum atomic E-state index is -8.88. The molecule has 0 saturated carbocycles. The first-order valence-corrected chi connectivity index (χ1v) is 12.0. The molecular formula is C19H11F22N3O3S. The number of hydrogen-bond acceptors (Lipinski definition) is 6. The van der Waals surface area contributed by atoms with Crippen molar-refractivity contribution in [2.24, 2.45) is 10.1 Å². The van der Waals surface area contributed by atoms with Crippen LogP contribution in [0.1, 0.15) is 0 Å². The van der Waals surface area contributed by atoms with Gasteiger partial charge in [-0.15, -0.1) is 0 Å². The molecule has 0 unspecified atom stereocenters. The zero-order chi connectivity index (χ0) is 38.6. The maximum atomic E-state index is 13.6. The summed E-state index contributed by atoms with van der Waals surface area (Å²) in [6, 6.07) is -4.40. The third kappa shape index (κ3) is 8.13. The second kappa shape index (κ2) is 15.1. The predicted molar refractivity (Wildman–Crippen MR) is 110 cm³/mol. The normalized spacial score (nSPS) is 14.2. The summed E-state index contributed by atoms with van der Waals surface area (Å²) in [5, 5.41) is 2.90. The number of halogens is 22. The lowest BCUT2D eigenvalue weighted by Crippen LogP contribution is -2.72. The van der Waals surface area contributed by atoms with E-state index in [1.807, 2.05) is 0 Å². The van der Waals surface area contributed by atoms with Crippen molar-refractivity contribution in [3.05, 3.63) is 40.9 Å². The summed E-state index contributed by atoms with van der Waals surface area (Å²) in [5.74, 6) is -75.9. The van der Waals surface area contributed by atoms with E-state index in [0.29, 0.717) is 19.6 Å². The first-order chi connectivity index (χ1) is 21.3. The standard InChI is InChI=1S/C15F22O.C4H11N3O2S/c16-1-2(17)4(19)6(5(20)3(1)18)38-8(22)7(21)9(23,24)10(25,26)11(27,28)12(29,30)13(31,32)14(33,34)15(35,36)37;5-1-2-6-3-4-7-10(8)9/h;6H,1-5H2. The minimum Gasteiger partial charge on any atom is -0.423 e. The maximum Gasteiger partial charge on any atom is 0.460 e. The van der Waals surface area contributed by atoms with E-state index in [9.17, 15) is 105 Å². The Morgan fingerprint density at radius 1 is 0.625 bits per heavy atom. The molecule has 0 spiro atoms. The molecule has 0 aliphatic carbocycles. The zero-order valence-corrected chi connectivity index (χ0v) is 22.6. The second-order valence-electron chi connectivity index (χ2n) is 8.14. The van der Waals surface area contributed by atoms with Crippen molar-refractivity contribution in [1.82, 2.24) is 5.32 Å². The topological polar surface area (TPSA) is 93.8 Å². The number of benzene rings is 1. The Morgan fingerprint density at radius 3 is 1.38 bits per heavy atom.